The summed E-state index contributed by atoms with van der Waals surface area (Å²) in [6.45, 7) is 9.01. The van der Waals surface area contributed by atoms with Gasteiger partial charge in [-0.3, -0.25) is 0 Å². The molecule has 0 aliphatic heterocycles. The molecule has 0 bridgehead atoms. The lowest BCUT2D eigenvalue weighted by Crippen LogP contribution is -2.43. The maximum absolute atomic E-state index is 13.6. The SMILES string of the molecule is CCNC(=NCc1cccc(Cn2ccnc2)c1)NCC(C)(C)c1cccc(F)c1.I. The number of aromatic nitrogens is 2. The molecule has 0 atom stereocenters. The van der Waals surface area contributed by atoms with Crippen LogP contribution in [0, 0.1) is 5.82 Å². The fourth-order valence-electron chi connectivity index (χ4n) is 3.25. The molecule has 3 rings (SSSR count). The van der Waals surface area contributed by atoms with Crippen molar-refractivity contribution in [1.29, 1.82) is 0 Å². The highest BCUT2D eigenvalue weighted by Gasteiger charge is 2.21. The van der Waals surface area contributed by atoms with Crippen LogP contribution in [0.5, 0.6) is 0 Å². The van der Waals surface area contributed by atoms with Crippen molar-refractivity contribution in [2.24, 2.45) is 4.99 Å². The van der Waals surface area contributed by atoms with Crippen LogP contribution in [0.25, 0.3) is 0 Å². The molecule has 7 heteroatoms. The molecule has 166 valence electrons. The predicted octanol–water partition coefficient (Wildman–Crippen LogP) is 4.72. The van der Waals surface area contributed by atoms with Crippen LogP contribution in [0.2, 0.25) is 0 Å². The zero-order chi connectivity index (χ0) is 21.4. The first kappa shape index (κ1) is 24.8. The van der Waals surface area contributed by atoms with E-state index in [1.54, 1.807) is 18.3 Å². The lowest BCUT2D eigenvalue weighted by molar-refractivity contribution is 0.503. The van der Waals surface area contributed by atoms with Crippen LogP contribution in [0.1, 0.15) is 37.5 Å². The first-order valence-corrected chi connectivity index (χ1v) is 10.3. The molecule has 1 heterocycles. The van der Waals surface area contributed by atoms with Gasteiger partial charge in [-0.05, 0) is 35.7 Å². The quantitative estimate of drug-likeness (QED) is 0.250. The normalized spacial score (nSPS) is 11.7. The van der Waals surface area contributed by atoms with Crippen LogP contribution >= 0.6 is 24.0 Å². The van der Waals surface area contributed by atoms with Gasteiger partial charge in [0.2, 0.25) is 0 Å². The maximum atomic E-state index is 13.6. The molecule has 0 saturated carbocycles. The van der Waals surface area contributed by atoms with Gasteiger partial charge in [-0.15, -0.1) is 24.0 Å². The van der Waals surface area contributed by atoms with Crippen LogP contribution in [-0.4, -0.2) is 28.6 Å². The average Bonchev–Trinajstić information content (AvgIpc) is 3.23. The van der Waals surface area contributed by atoms with E-state index in [4.69, 9.17) is 4.99 Å². The van der Waals surface area contributed by atoms with E-state index in [0.29, 0.717) is 13.1 Å². The smallest absolute Gasteiger partial charge is 0.191 e. The van der Waals surface area contributed by atoms with Crippen molar-refractivity contribution in [2.75, 3.05) is 13.1 Å². The van der Waals surface area contributed by atoms with E-state index >= 15 is 0 Å². The first-order valence-electron chi connectivity index (χ1n) is 10.3. The van der Waals surface area contributed by atoms with Gasteiger partial charge in [-0.25, -0.2) is 14.4 Å². The van der Waals surface area contributed by atoms with Crippen molar-refractivity contribution in [3.05, 3.63) is 89.8 Å². The molecule has 5 nitrogen and oxygen atoms in total. The van der Waals surface area contributed by atoms with E-state index in [-0.39, 0.29) is 35.2 Å². The molecule has 0 aliphatic rings. The maximum Gasteiger partial charge on any atom is 0.191 e. The van der Waals surface area contributed by atoms with Gasteiger partial charge in [0.05, 0.1) is 12.9 Å². The van der Waals surface area contributed by atoms with Gasteiger partial charge in [-0.1, -0.05) is 50.2 Å². The third kappa shape index (κ3) is 7.65. The fourth-order valence-corrected chi connectivity index (χ4v) is 3.25. The molecular weight excluding hydrogens is 504 g/mol. The Labute approximate surface area is 201 Å². The average molecular weight is 535 g/mol. The van der Waals surface area contributed by atoms with E-state index in [2.05, 4.69) is 53.7 Å². The van der Waals surface area contributed by atoms with E-state index in [1.807, 2.05) is 30.1 Å². The largest absolute Gasteiger partial charge is 0.357 e. The summed E-state index contributed by atoms with van der Waals surface area (Å²) in [7, 11) is 0. The van der Waals surface area contributed by atoms with Gasteiger partial charge in [0, 0.05) is 37.4 Å². The van der Waals surface area contributed by atoms with Crippen LogP contribution < -0.4 is 10.6 Å². The molecule has 0 unspecified atom stereocenters. The van der Waals surface area contributed by atoms with E-state index < -0.39 is 0 Å². The Bertz CT molecular complexity index is 970. The van der Waals surface area contributed by atoms with E-state index in [0.717, 1.165) is 30.2 Å². The number of guanidine groups is 1. The second-order valence-electron chi connectivity index (χ2n) is 8.00. The highest BCUT2D eigenvalue weighted by atomic mass is 127. The summed E-state index contributed by atoms with van der Waals surface area (Å²) in [5.74, 6) is 0.540. The topological polar surface area (TPSA) is 54.2 Å². The lowest BCUT2D eigenvalue weighted by atomic mass is 9.84. The second kappa shape index (κ2) is 11.8. The fraction of sp³-hybridized carbons (Fsp3) is 0.333. The van der Waals surface area contributed by atoms with Crippen molar-refractivity contribution in [1.82, 2.24) is 20.2 Å². The molecule has 3 aromatic rings. The van der Waals surface area contributed by atoms with Gasteiger partial charge in [0.25, 0.3) is 0 Å². The summed E-state index contributed by atoms with van der Waals surface area (Å²) >= 11 is 0. The Morgan fingerprint density at radius 1 is 1.10 bits per heavy atom. The second-order valence-corrected chi connectivity index (χ2v) is 8.00. The Hall–Kier alpha value is -2.42. The molecule has 0 amide bonds. The van der Waals surface area contributed by atoms with Gasteiger partial charge in [-0.2, -0.15) is 0 Å². The predicted molar refractivity (Wildman–Crippen MR) is 135 cm³/mol. The molecular formula is C24H31FIN5. The van der Waals surface area contributed by atoms with Gasteiger partial charge in [0.1, 0.15) is 5.82 Å². The zero-order valence-corrected chi connectivity index (χ0v) is 20.6. The summed E-state index contributed by atoms with van der Waals surface area (Å²) in [5, 5.41) is 6.70. The number of nitrogens with one attached hydrogen (secondary N) is 2. The Balaban J connectivity index is 0.00000341. The van der Waals surface area contributed by atoms with Crippen molar-refractivity contribution in [3.63, 3.8) is 0 Å². The van der Waals surface area contributed by atoms with Crippen molar-refractivity contribution < 1.29 is 4.39 Å². The molecule has 1 aromatic heterocycles. The van der Waals surface area contributed by atoms with Crippen molar-refractivity contribution >= 4 is 29.9 Å². The summed E-state index contributed by atoms with van der Waals surface area (Å²) in [5.41, 5.74) is 3.08. The molecule has 0 spiro atoms. The van der Waals surface area contributed by atoms with Gasteiger partial charge in [0.15, 0.2) is 5.96 Å². The number of hydrogen-bond donors (Lipinski definition) is 2. The molecule has 2 N–H and O–H groups in total. The van der Waals surface area contributed by atoms with E-state index in [9.17, 15) is 4.39 Å². The number of benzene rings is 2. The molecule has 0 radical (unpaired) electrons. The van der Waals surface area contributed by atoms with Crippen LogP contribution in [0.3, 0.4) is 0 Å². The van der Waals surface area contributed by atoms with Gasteiger partial charge >= 0.3 is 0 Å². The summed E-state index contributed by atoms with van der Waals surface area (Å²) in [4.78, 5) is 8.83. The number of nitrogens with zero attached hydrogens (tertiary/aromatic N) is 3. The minimum atomic E-state index is -0.233. The number of rotatable bonds is 8. The van der Waals surface area contributed by atoms with Crippen LogP contribution in [-0.2, 0) is 18.5 Å². The first-order chi connectivity index (χ1) is 14.5. The molecule has 0 fully saturated rings. The lowest BCUT2D eigenvalue weighted by Gasteiger charge is -2.27. The monoisotopic (exact) mass is 535 g/mol. The number of imidazole rings is 1. The highest BCUT2D eigenvalue weighted by Crippen LogP contribution is 2.22. The standard InChI is InChI=1S/C24H30FN5.HI/c1-4-27-23(29-17-24(2,3)21-9-6-10-22(25)14-21)28-15-19-7-5-8-20(13-19)16-30-12-11-26-18-30;/h5-14,18H,4,15-17H2,1-3H3,(H2,27,28,29);1H. The Morgan fingerprint density at radius 2 is 1.87 bits per heavy atom. The number of halogens is 2. The highest BCUT2D eigenvalue weighted by molar-refractivity contribution is 14.0. The molecule has 0 aliphatic carbocycles. The molecule has 0 saturated heterocycles. The van der Waals surface area contributed by atoms with E-state index in [1.165, 1.54) is 11.6 Å². The van der Waals surface area contributed by atoms with Crippen molar-refractivity contribution in [3.8, 4) is 0 Å². The Kier molecular flexibility index (Phi) is 9.48. The Morgan fingerprint density at radius 3 is 2.58 bits per heavy atom. The zero-order valence-electron chi connectivity index (χ0n) is 18.3. The summed E-state index contributed by atoms with van der Waals surface area (Å²) in [6.07, 6.45) is 5.56. The van der Waals surface area contributed by atoms with Crippen LogP contribution in [0.4, 0.5) is 4.39 Å². The molecule has 31 heavy (non-hydrogen) atoms. The summed E-state index contributed by atoms with van der Waals surface area (Å²) in [6, 6.07) is 15.2. The number of hydrogen-bond acceptors (Lipinski definition) is 2. The van der Waals surface area contributed by atoms with Crippen LogP contribution in [0.15, 0.2) is 72.2 Å². The molecule has 2 aromatic carbocycles. The summed E-state index contributed by atoms with van der Waals surface area (Å²) < 4.78 is 15.7. The third-order valence-electron chi connectivity index (χ3n) is 4.98. The minimum Gasteiger partial charge on any atom is -0.357 e. The minimum absolute atomic E-state index is 0. The number of aliphatic imine (C=N–C) groups is 1. The third-order valence-corrected chi connectivity index (χ3v) is 4.98. The van der Waals surface area contributed by atoms with Crippen molar-refractivity contribution in [2.45, 2.75) is 39.3 Å². The van der Waals surface area contributed by atoms with Gasteiger partial charge < -0.3 is 15.2 Å².